The average molecular weight is 502 g/mol. The van der Waals surface area contributed by atoms with E-state index in [0.29, 0.717) is 31.3 Å². The van der Waals surface area contributed by atoms with Gasteiger partial charge in [-0.15, -0.1) is 0 Å². The molecule has 8 heteroatoms. The Morgan fingerprint density at radius 3 is 2.59 bits per heavy atom. The number of hydrogen-bond donors (Lipinski definition) is 1. The number of anilines is 2. The molecular formula is C29H31N3O5. The number of fused-ring (bicyclic) bond motifs is 1. The van der Waals surface area contributed by atoms with Crippen LogP contribution in [0.2, 0.25) is 0 Å². The zero-order valence-electron chi connectivity index (χ0n) is 20.9. The fourth-order valence-corrected chi connectivity index (χ4v) is 4.79. The smallest absolute Gasteiger partial charge is 0.326 e. The fourth-order valence-electron chi connectivity index (χ4n) is 4.79. The average Bonchev–Trinajstić information content (AvgIpc) is 2.94. The number of amides is 2. The van der Waals surface area contributed by atoms with Gasteiger partial charge in [-0.3, -0.25) is 14.7 Å². The van der Waals surface area contributed by atoms with Crippen LogP contribution in [0.5, 0.6) is 11.5 Å². The first-order chi connectivity index (χ1) is 18.1. The van der Waals surface area contributed by atoms with Crippen LogP contribution < -0.4 is 19.7 Å². The topological polar surface area (TPSA) is 90.0 Å². The lowest BCUT2D eigenvalue weighted by molar-refractivity contribution is -0.149. The number of nitrogens with one attached hydrogen (secondary N) is 1. The molecule has 1 N–H and O–H groups in total. The number of pyridine rings is 1. The van der Waals surface area contributed by atoms with Crippen molar-refractivity contribution in [2.75, 3.05) is 30.0 Å². The number of carbonyl (C=O) groups excluding carboxylic acids is 2. The van der Waals surface area contributed by atoms with E-state index in [1.54, 1.807) is 11.1 Å². The number of ether oxygens (including phenoxy) is 3. The number of rotatable bonds is 6. The van der Waals surface area contributed by atoms with E-state index in [9.17, 15) is 9.59 Å². The van der Waals surface area contributed by atoms with Crippen LogP contribution in [0.25, 0.3) is 11.3 Å². The minimum Gasteiger partial charge on any atom is -0.490 e. The molecule has 0 saturated heterocycles. The Morgan fingerprint density at radius 2 is 1.86 bits per heavy atom. The summed E-state index contributed by atoms with van der Waals surface area (Å²) >= 11 is 0. The first-order valence-corrected chi connectivity index (χ1v) is 12.8. The number of hydrogen-bond acceptors (Lipinski definition) is 6. The van der Waals surface area contributed by atoms with Gasteiger partial charge in [0, 0.05) is 11.3 Å². The Kier molecular flexibility index (Phi) is 7.54. The van der Waals surface area contributed by atoms with Crippen LogP contribution in [0, 0.1) is 5.92 Å². The molecule has 0 unspecified atom stereocenters. The van der Waals surface area contributed by atoms with Crippen molar-refractivity contribution in [3.05, 3.63) is 66.9 Å². The molecule has 37 heavy (non-hydrogen) atoms. The largest absolute Gasteiger partial charge is 0.490 e. The van der Waals surface area contributed by atoms with Gasteiger partial charge in [-0.05, 0) is 69.0 Å². The van der Waals surface area contributed by atoms with Crippen molar-refractivity contribution < 1.29 is 23.8 Å². The maximum atomic E-state index is 12.9. The maximum absolute atomic E-state index is 12.9. The first-order valence-electron chi connectivity index (χ1n) is 12.8. The molecule has 1 aliphatic carbocycles. The SMILES string of the molecule is CCOC(=O)C1CCC(Oc2ccc(-c3ccc4c(c3)OCCN4C(=O)Nc3ccccc3)nc2)CC1. The van der Waals surface area contributed by atoms with Gasteiger partial charge in [0.05, 0.1) is 42.8 Å². The van der Waals surface area contributed by atoms with Gasteiger partial charge in [0.15, 0.2) is 0 Å². The van der Waals surface area contributed by atoms with Crippen molar-refractivity contribution in [1.29, 1.82) is 0 Å². The van der Waals surface area contributed by atoms with Crippen LogP contribution in [0.1, 0.15) is 32.6 Å². The monoisotopic (exact) mass is 501 g/mol. The summed E-state index contributed by atoms with van der Waals surface area (Å²) in [6, 6.07) is 18.8. The molecule has 2 aliphatic rings. The summed E-state index contributed by atoms with van der Waals surface area (Å²) in [6.07, 6.45) is 5.01. The Balaban J connectivity index is 1.21. The highest BCUT2D eigenvalue weighted by molar-refractivity contribution is 6.03. The summed E-state index contributed by atoms with van der Waals surface area (Å²) in [7, 11) is 0. The van der Waals surface area contributed by atoms with Gasteiger partial charge in [-0.25, -0.2) is 4.79 Å². The lowest BCUT2D eigenvalue weighted by Gasteiger charge is -2.30. The third kappa shape index (κ3) is 5.85. The third-order valence-electron chi connectivity index (χ3n) is 6.72. The zero-order chi connectivity index (χ0) is 25.6. The summed E-state index contributed by atoms with van der Waals surface area (Å²) in [5.41, 5.74) is 3.15. The highest BCUT2D eigenvalue weighted by atomic mass is 16.5. The molecule has 1 aromatic heterocycles. The van der Waals surface area contributed by atoms with Crippen molar-refractivity contribution in [1.82, 2.24) is 4.98 Å². The first kappa shape index (κ1) is 24.6. The second kappa shape index (κ2) is 11.3. The molecular weight excluding hydrogens is 470 g/mol. The summed E-state index contributed by atoms with van der Waals surface area (Å²) in [4.78, 5) is 31.1. The van der Waals surface area contributed by atoms with E-state index in [2.05, 4.69) is 10.3 Å². The molecule has 0 radical (unpaired) electrons. The quantitative estimate of drug-likeness (QED) is 0.437. The van der Waals surface area contributed by atoms with Crippen molar-refractivity contribution in [2.45, 2.75) is 38.7 Å². The number of carbonyl (C=O) groups is 2. The van der Waals surface area contributed by atoms with Gasteiger partial charge >= 0.3 is 12.0 Å². The van der Waals surface area contributed by atoms with Crippen LogP contribution in [0.15, 0.2) is 66.9 Å². The Labute approximate surface area is 216 Å². The van der Waals surface area contributed by atoms with E-state index in [1.807, 2.05) is 67.6 Å². The standard InChI is InChI=1S/C29H31N3O5/c1-2-35-28(33)20-8-11-23(12-9-20)37-24-13-14-25(30-19-24)21-10-15-26-27(18-21)36-17-16-32(26)29(34)31-22-6-4-3-5-7-22/h3-7,10,13-15,18-20,23H,2,8-9,11-12,16-17H2,1H3,(H,31,34). The van der Waals surface area contributed by atoms with Crippen LogP contribution >= 0.6 is 0 Å². The predicted octanol–water partition coefficient (Wildman–Crippen LogP) is 5.68. The summed E-state index contributed by atoms with van der Waals surface area (Å²) in [6.45, 7) is 3.14. The Hall–Kier alpha value is -4.07. The number of esters is 1. The van der Waals surface area contributed by atoms with E-state index < -0.39 is 0 Å². The van der Waals surface area contributed by atoms with E-state index in [0.717, 1.165) is 48.3 Å². The molecule has 192 valence electrons. The van der Waals surface area contributed by atoms with Gasteiger partial charge < -0.3 is 19.5 Å². The molecule has 2 amide bonds. The molecule has 1 saturated carbocycles. The molecule has 0 spiro atoms. The molecule has 1 aliphatic heterocycles. The van der Waals surface area contributed by atoms with Gasteiger partial charge in [0.25, 0.3) is 0 Å². The van der Waals surface area contributed by atoms with E-state index >= 15 is 0 Å². The van der Waals surface area contributed by atoms with Gasteiger partial charge in [0.2, 0.25) is 0 Å². The van der Waals surface area contributed by atoms with Crippen LogP contribution in [-0.2, 0) is 9.53 Å². The second-order valence-corrected chi connectivity index (χ2v) is 9.20. The van der Waals surface area contributed by atoms with Crippen LogP contribution in [0.4, 0.5) is 16.2 Å². The molecule has 0 atom stereocenters. The summed E-state index contributed by atoms with van der Waals surface area (Å²) in [5.74, 6) is 1.24. The number of nitrogens with zero attached hydrogens (tertiary/aromatic N) is 2. The predicted molar refractivity (Wildman–Crippen MR) is 141 cm³/mol. The van der Waals surface area contributed by atoms with E-state index in [4.69, 9.17) is 14.2 Å². The van der Waals surface area contributed by atoms with Crippen LogP contribution in [0.3, 0.4) is 0 Å². The minimum absolute atomic E-state index is 0.0214. The van der Waals surface area contributed by atoms with Crippen molar-refractivity contribution in [3.8, 4) is 22.8 Å². The second-order valence-electron chi connectivity index (χ2n) is 9.20. The summed E-state index contributed by atoms with van der Waals surface area (Å²) < 4.78 is 17.1. The third-order valence-corrected chi connectivity index (χ3v) is 6.72. The highest BCUT2D eigenvalue weighted by Gasteiger charge is 2.28. The van der Waals surface area contributed by atoms with E-state index in [-0.39, 0.29) is 24.0 Å². The summed E-state index contributed by atoms with van der Waals surface area (Å²) in [5, 5.41) is 2.93. The zero-order valence-corrected chi connectivity index (χ0v) is 20.9. The van der Waals surface area contributed by atoms with E-state index in [1.165, 1.54) is 0 Å². The molecule has 3 aromatic rings. The van der Waals surface area contributed by atoms with Crippen molar-refractivity contribution >= 4 is 23.4 Å². The molecule has 5 rings (SSSR count). The van der Waals surface area contributed by atoms with Crippen molar-refractivity contribution in [3.63, 3.8) is 0 Å². The molecule has 2 aromatic carbocycles. The normalized spacial score (nSPS) is 18.8. The lowest BCUT2D eigenvalue weighted by atomic mass is 9.87. The highest BCUT2D eigenvalue weighted by Crippen LogP contribution is 2.36. The fraction of sp³-hybridized carbons (Fsp3) is 0.345. The number of para-hydroxylation sites is 1. The Bertz CT molecular complexity index is 1220. The van der Waals surface area contributed by atoms with Gasteiger partial charge in [-0.1, -0.05) is 24.3 Å². The number of aromatic nitrogens is 1. The maximum Gasteiger partial charge on any atom is 0.326 e. The van der Waals surface area contributed by atoms with Gasteiger partial charge in [0.1, 0.15) is 18.1 Å². The van der Waals surface area contributed by atoms with Gasteiger partial charge in [-0.2, -0.15) is 0 Å². The number of benzene rings is 2. The van der Waals surface area contributed by atoms with Crippen molar-refractivity contribution in [2.24, 2.45) is 5.92 Å². The lowest BCUT2D eigenvalue weighted by Crippen LogP contribution is -2.40. The minimum atomic E-state index is -0.195. The molecule has 2 heterocycles. The molecule has 0 bridgehead atoms. The molecule has 1 fully saturated rings. The Morgan fingerprint density at radius 1 is 1.05 bits per heavy atom. The number of urea groups is 1. The van der Waals surface area contributed by atoms with Crippen LogP contribution in [-0.4, -0.2) is 42.8 Å². The molecule has 8 nitrogen and oxygen atoms in total.